The molecule has 0 atom stereocenters. The Hall–Kier alpha value is -2.92. The molecule has 0 aliphatic rings. The highest BCUT2D eigenvalue weighted by Gasteiger charge is 2.31. The standard InChI is InChI=1S/C17H11F3N2O4S2/c18-17(19,20)26-12-3-1-11(2-4-12)21-14(23)7-25-16(24)13-9-28-15(22-13)10-5-6-27-8-10/h1-6,8-9H,7H2,(H,21,23). The normalized spacial score (nSPS) is 11.1. The minimum absolute atomic E-state index is 0.0904. The van der Waals surface area contributed by atoms with E-state index in [-0.39, 0.29) is 11.4 Å². The minimum atomic E-state index is -4.79. The Morgan fingerprint density at radius 2 is 1.86 bits per heavy atom. The third-order valence-corrected chi connectivity index (χ3v) is 4.76. The molecule has 0 radical (unpaired) electrons. The summed E-state index contributed by atoms with van der Waals surface area (Å²) in [6.07, 6.45) is -4.79. The lowest BCUT2D eigenvalue weighted by Gasteiger charge is -2.10. The fourth-order valence-electron chi connectivity index (χ4n) is 2.03. The first-order valence-electron chi connectivity index (χ1n) is 7.61. The number of thiophene rings is 1. The van der Waals surface area contributed by atoms with Crippen molar-refractivity contribution in [3.05, 3.63) is 52.2 Å². The number of anilines is 1. The Bertz CT molecular complexity index is 954. The Labute approximate surface area is 164 Å². The maximum absolute atomic E-state index is 12.1. The van der Waals surface area contributed by atoms with Gasteiger partial charge in [-0.25, -0.2) is 9.78 Å². The van der Waals surface area contributed by atoms with E-state index in [2.05, 4.69) is 15.0 Å². The van der Waals surface area contributed by atoms with E-state index in [9.17, 15) is 22.8 Å². The summed E-state index contributed by atoms with van der Waals surface area (Å²) in [5.74, 6) is -1.81. The molecule has 0 saturated heterocycles. The third kappa shape index (κ3) is 5.54. The number of nitrogens with one attached hydrogen (secondary N) is 1. The smallest absolute Gasteiger partial charge is 0.451 e. The summed E-state index contributed by atoms with van der Waals surface area (Å²) >= 11 is 2.78. The molecule has 2 heterocycles. The largest absolute Gasteiger partial charge is 0.573 e. The Morgan fingerprint density at radius 3 is 2.50 bits per heavy atom. The first-order valence-corrected chi connectivity index (χ1v) is 9.43. The first kappa shape index (κ1) is 19.8. The maximum Gasteiger partial charge on any atom is 0.573 e. The summed E-state index contributed by atoms with van der Waals surface area (Å²) in [7, 11) is 0. The molecule has 28 heavy (non-hydrogen) atoms. The van der Waals surface area contributed by atoms with Gasteiger partial charge < -0.3 is 14.8 Å². The van der Waals surface area contributed by atoms with Gasteiger partial charge in [0.25, 0.3) is 5.91 Å². The zero-order valence-electron chi connectivity index (χ0n) is 13.9. The fourth-order valence-corrected chi connectivity index (χ4v) is 3.53. The van der Waals surface area contributed by atoms with E-state index in [4.69, 9.17) is 4.74 Å². The molecular formula is C17H11F3N2O4S2. The lowest BCUT2D eigenvalue weighted by atomic mass is 10.3. The summed E-state index contributed by atoms with van der Waals surface area (Å²) in [4.78, 5) is 28.0. The van der Waals surface area contributed by atoms with E-state index in [1.54, 1.807) is 0 Å². The third-order valence-electron chi connectivity index (χ3n) is 3.19. The zero-order chi connectivity index (χ0) is 20.1. The van der Waals surface area contributed by atoms with Crippen LogP contribution in [0.1, 0.15) is 10.5 Å². The van der Waals surface area contributed by atoms with E-state index < -0.39 is 30.6 Å². The number of thiazole rings is 1. The second kappa shape index (κ2) is 8.40. The highest BCUT2D eigenvalue weighted by molar-refractivity contribution is 7.14. The van der Waals surface area contributed by atoms with Gasteiger partial charge in [0.2, 0.25) is 0 Å². The number of esters is 1. The van der Waals surface area contributed by atoms with Gasteiger partial charge in [-0.15, -0.1) is 24.5 Å². The number of amides is 1. The van der Waals surface area contributed by atoms with Crippen LogP contribution >= 0.6 is 22.7 Å². The van der Waals surface area contributed by atoms with E-state index >= 15 is 0 Å². The van der Waals surface area contributed by atoms with Crippen molar-refractivity contribution in [2.24, 2.45) is 0 Å². The molecule has 1 amide bonds. The van der Waals surface area contributed by atoms with Crippen LogP contribution in [-0.2, 0) is 9.53 Å². The number of rotatable bonds is 6. The summed E-state index contributed by atoms with van der Waals surface area (Å²) in [5.41, 5.74) is 1.21. The lowest BCUT2D eigenvalue weighted by molar-refractivity contribution is -0.274. The Morgan fingerprint density at radius 1 is 1.11 bits per heavy atom. The van der Waals surface area contributed by atoms with Crippen LogP contribution in [0.25, 0.3) is 10.6 Å². The molecule has 3 aromatic rings. The molecular weight excluding hydrogens is 417 g/mol. The van der Waals surface area contributed by atoms with Crippen molar-refractivity contribution >= 4 is 40.2 Å². The van der Waals surface area contributed by atoms with Gasteiger partial charge in [0, 0.05) is 22.0 Å². The van der Waals surface area contributed by atoms with Gasteiger partial charge in [-0.05, 0) is 35.7 Å². The lowest BCUT2D eigenvalue weighted by Crippen LogP contribution is -2.21. The maximum atomic E-state index is 12.1. The van der Waals surface area contributed by atoms with Gasteiger partial charge >= 0.3 is 12.3 Å². The number of carbonyl (C=O) groups excluding carboxylic acids is 2. The second-order valence-electron chi connectivity index (χ2n) is 5.25. The monoisotopic (exact) mass is 428 g/mol. The molecule has 3 rings (SSSR count). The van der Waals surface area contributed by atoms with Crippen LogP contribution < -0.4 is 10.1 Å². The van der Waals surface area contributed by atoms with Crippen molar-refractivity contribution in [1.29, 1.82) is 0 Å². The van der Waals surface area contributed by atoms with E-state index in [1.807, 2.05) is 16.8 Å². The number of halogens is 3. The zero-order valence-corrected chi connectivity index (χ0v) is 15.5. The summed E-state index contributed by atoms with van der Waals surface area (Å²) in [6.45, 7) is -0.565. The molecule has 11 heteroatoms. The van der Waals surface area contributed by atoms with Gasteiger partial charge in [0.15, 0.2) is 12.3 Å². The number of alkyl halides is 3. The van der Waals surface area contributed by atoms with Crippen molar-refractivity contribution < 1.29 is 32.2 Å². The molecule has 1 aromatic carbocycles. The van der Waals surface area contributed by atoms with Crippen LogP contribution in [0, 0.1) is 0 Å². The average Bonchev–Trinajstić information content (AvgIpc) is 3.31. The van der Waals surface area contributed by atoms with Crippen molar-refractivity contribution in [2.75, 3.05) is 11.9 Å². The molecule has 1 N–H and O–H groups in total. The van der Waals surface area contributed by atoms with Gasteiger partial charge in [-0.3, -0.25) is 4.79 Å². The number of benzene rings is 1. The van der Waals surface area contributed by atoms with E-state index in [1.165, 1.54) is 40.2 Å². The van der Waals surface area contributed by atoms with Crippen LogP contribution in [0.5, 0.6) is 5.75 Å². The number of aromatic nitrogens is 1. The highest BCUT2D eigenvalue weighted by atomic mass is 32.1. The molecule has 0 aliphatic heterocycles. The Kier molecular flexibility index (Phi) is 5.95. The molecule has 0 unspecified atom stereocenters. The predicted molar refractivity (Wildman–Crippen MR) is 97.5 cm³/mol. The van der Waals surface area contributed by atoms with Crippen LogP contribution in [-0.4, -0.2) is 29.8 Å². The molecule has 0 bridgehead atoms. The number of hydrogen-bond acceptors (Lipinski definition) is 7. The van der Waals surface area contributed by atoms with Gasteiger partial charge in [0.1, 0.15) is 10.8 Å². The SMILES string of the molecule is O=C(COC(=O)c1csc(-c2ccsc2)n1)Nc1ccc(OC(F)(F)F)cc1. The fraction of sp³-hybridized carbons (Fsp3) is 0.118. The van der Waals surface area contributed by atoms with Gasteiger partial charge in [-0.1, -0.05) is 0 Å². The van der Waals surface area contributed by atoms with Crippen molar-refractivity contribution in [2.45, 2.75) is 6.36 Å². The summed E-state index contributed by atoms with van der Waals surface area (Å²) in [5, 5.41) is 8.38. The van der Waals surface area contributed by atoms with Crippen LogP contribution in [0.2, 0.25) is 0 Å². The highest BCUT2D eigenvalue weighted by Crippen LogP contribution is 2.26. The topological polar surface area (TPSA) is 77.5 Å². The van der Waals surface area contributed by atoms with Crippen molar-refractivity contribution in [1.82, 2.24) is 4.98 Å². The van der Waals surface area contributed by atoms with Crippen molar-refractivity contribution in [3.63, 3.8) is 0 Å². The quantitative estimate of drug-likeness (QED) is 0.582. The Balaban J connectivity index is 1.49. The van der Waals surface area contributed by atoms with E-state index in [0.29, 0.717) is 5.01 Å². The molecule has 6 nitrogen and oxygen atoms in total. The molecule has 146 valence electrons. The van der Waals surface area contributed by atoms with E-state index in [0.717, 1.165) is 17.7 Å². The molecule has 0 saturated carbocycles. The number of nitrogens with zero attached hydrogens (tertiary/aromatic N) is 1. The van der Waals surface area contributed by atoms with Gasteiger partial charge in [0.05, 0.1) is 0 Å². The number of hydrogen-bond donors (Lipinski definition) is 1. The minimum Gasteiger partial charge on any atom is -0.451 e. The summed E-state index contributed by atoms with van der Waals surface area (Å²) in [6, 6.07) is 6.44. The van der Waals surface area contributed by atoms with Crippen LogP contribution in [0.4, 0.5) is 18.9 Å². The van der Waals surface area contributed by atoms with Crippen LogP contribution in [0.3, 0.4) is 0 Å². The summed E-state index contributed by atoms with van der Waals surface area (Å²) < 4.78 is 45.0. The second-order valence-corrected chi connectivity index (χ2v) is 6.88. The molecule has 2 aromatic heterocycles. The van der Waals surface area contributed by atoms with Gasteiger partial charge in [-0.2, -0.15) is 11.3 Å². The molecule has 0 fully saturated rings. The molecule has 0 aliphatic carbocycles. The van der Waals surface area contributed by atoms with Crippen LogP contribution in [0.15, 0.2) is 46.5 Å². The first-order chi connectivity index (χ1) is 13.3. The average molecular weight is 428 g/mol. The number of ether oxygens (including phenoxy) is 2. The predicted octanol–water partition coefficient (Wildman–Crippen LogP) is 4.57. The van der Waals surface area contributed by atoms with Crippen molar-refractivity contribution in [3.8, 4) is 16.3 Å². The number of carbonyl (C=O) groups is 2. The molecule has 0 spiro atoms.